The van der Waals surface area contributed by atoms with Gasteiger partial charge in [-0.2, -0.15) is 5.26 Å². The molecule has 8 heteroatoms. The number of benzene rings is 2. The highest BCUT2D eigenvalue weighted by atomic mass is 32.2. The van der Waals surface area contributed by atoms with E-state index in [1.54, 1.807) is 36.4 Å². The highest BCUT2D eigenvalue weighted by Gasteiger charge is 2.15. The zero-order valence-electron chi connectivity index (χ0n) is 13.5. The summed E-state index contributed by atoms with van der Waals surface area (Å²) in [5, 5.41) is 8.70. The fraction of sp³-hybridized carbons (Fsp3) is 0.176. The predicted molar refractivity (Wildman–Crippen MR) is 90.9 cm³/mol. The summed E-state index contributed by atoms with van der Waals surface area (Å²) in [4.78, 5) is 13.8. The maximum Gasteiger partial charge on any atom is 0.272 e. The van der Waals surface area contributed by atoms with Gasteiger partial charge in [0.1, 0.15) is 5.75 Å². The van der Waals surface area contributed by atoms with E-state index in [0.717, 1.165) is 12.0 Å². The van der Waals surface area contributed by atoms with Crippen LogP contribution in [-0.2, 0) is 21.2 Å². The number of nitrogens with one attached hydrogen (secondary N) is 2. The van der Waals surface area contributed by atoms with E-state index in [2.05, 4.69) is 5.43 Å². The van der Waals surface area contributed by atoms with Crippen LogP contribution in [-0.4, -0.2) is 20.9 Å². The number of amides is 1. The van der Waals surface area contributed by atoms with Crippen molar-refractivity contribution in [3.05, 3.63) is 59.7 Å². The van der Waals surface area contributed by atoms with Crippen LogP contribution in [0.5, 0.6) is 5.75 Å². The Kier molecular flexibility index (Phi) is 6.11. The van der Waals surface area contributed by atoms with E-state index < -0.39 is 15.9 Å². The highest BCUT2D eigenvalue weighted by Crippen LogP contribution is 2.12. The van der Waals surface area contributed by atoms with Crippen LogP contribution in [0.4, 0.5) is 0 Å². The maximum atomic E-state index is 12.1. The Morgan fingerprint density at radius 2 is 1.76 bits per heavy atom. The lowest BCUT2D eigenvalue weighted by molar-refractivity contribution is -0.123. The third-order valence-corrected chi connectivity index (χ3v) is 4.58. The first kappa shape index (κ1) is 18.4. The fourth-order valence-electron chi connectivity index (χ4n) is 1.90. The van der Waals surface area contributed by atoms with Gasteiger partial charge in [-0.3, -0.25) is 10.2 Å². The first-order chi connectivity index (χ1) is 11.9. The second-order valence-corrected chi connectivity index (χ2v) is 6.76. The van der Waals surface area contributed by atoms with Gasteiger partial charge in [-0.15, -0.1) is 4.83 Å². The van der Waals surface area contributed by atoms with Crippen molar-refractivity contribution in [1.29, 1.82) is 5.26 Å². The van der Waals surface area contributed by atoms with E-state index >= 15 is 0 Å². The van der Waals surface area contributed by atoms with Gasteiger partial charge in [-0.05, 0) is 48.4 Å². The number of carbonyl (C=O) groups is 1. The second-order valence-electron chi connectivity index (χ2n) is 5.08. The molecule has 0 aliphatic heterocycles. The van der Waals surface area contributed by atoms with Gasteiger partial charge in [0.15, 0.2) is 6.61 Å². The first-order valence-corrected chi connectivity index (χ1v) is 8.95. The molecule has 0 fully saturated rings. The Morgan fingerprint density at radius 3 is 2.32 bits per heavy atom. The Labute approximate surface area is 146 Å². The number of nitrogens with zero attached hydrogens (tertiary/aromatic N) is 1. The van der Waals surface area contributed by atoms with Crippen LogP contribution < -0.4 is 15.0 Å². The average molecular weight is 359 g/mol. The number of nitriles is 1. The summed E-state index contributed by atoms with van der Waals surface area (Å²) >= 11 is 0. The molecule has 0 aromatic heterocycles. The minimum absolute atomic E-state index is 0.0537. The van der Waals surface area contributed by atoms with Crippen LogP contribution in [0.3, 0.4) is 0 Å². The molecular weight excluding hydrogens is 342 g/mol. The van der Waals surface area contributed by atoms with Crippen LogP contribution in [0.1, 0.15) is 18.1 Å². The summed E-state index contributed by atoms with van der Waals surface area (Å²) in [5.41, 5.74) is 3.57. The number of hydrazine groups is 1. The molecule has 130 valence electrons. The van der Waals surface area contributed by atoms with Crippen LogP contribution >= 0.6 is 0 Å². The Bertz CT molecular complexity index is 870. The molecule has 2 aromatic carbocycles. The van der Waals surface area contributed by atoms with Gasteiger partial charge < -0.3 is 4.74 Å². The Hall–Kier alpha value is -2.89. The molecule has 1 amide bonds. The lowest BCUT2D eigenvalue weighted by Crippen LogP contribution is -2.43. The van der Waals surface area contributed by atoms with Crippen molar-refractivity contribution in [1.82, 2.24) is 10.3 Å². The normalized spacial score (nSPS) is 10.7. The molecule has 0 saturated carbocycles. The smallest absolute Gasteiger partial charge is 0.272 e. The Morgan fingerprint density at radius 1 is 1.12 bits per heavy atom. The SMILES string of the molecule is CCc1ccc(S(=O)(=O)NNC(=O)COc2ccc(C#N)cc2)cc1. The molecule has 2 N–H and O–H groups in total. The third-order valence-electron chi connectivity index (χ3n) is 3.32. The van der Waals surface area contributed by atoms with Gasteiger partial charge in [0, 0.05) is 0 Å². The van der Waals surface area contributed by atoms with Crippen molar-refractivity contribution < 1.29 is 17.9 Å². The number of aryl methyl sites for hydroxylation is 1. The third kappa shape index (κ3) is 5.31. The zero-order valence-corrected chi connectivity index (χ0v) is 14.3. The predicted octanol–water partition coefficient (Wildman–Crippen LogP) is 1.51. The van der Waals surface area contributed by atoms with Gasteiger partial charge >= 0.3 is 0 Å². The van der Waals surface area contributed by atoms with E-state index in [1.807, 2.05) is 17.8 Å². The highest BCUT2D eigenvalue weighted by molar-refractivity contribution is 7.89. The van der Waals surface area contributed by atoms with Gasteiger partial charge in [0.25, 0.3) is 15.9 Å². The van der Waals surface area contributed by atoms with Crippen molar-refractivity contribution >= 4 is 15.9 Å². The summed E-state index contributed by atoms with van der Waals surface area (Å²) < 4.78 is 29.4. The van der Waals surface area contributed by atoms with Crippen molar-refractivity contribution in [3.63, 3.8) is 0 Å². The van der Waals surface area contributed by atoms with Crippen molar-refractivity contribution in [2.24, 2.45) is 0 Å². The fourth-order valence-corrected chi connectivity index (χ4v) is 2.76. The van der Waals surface area contributed by atoms with E-state index in [9.17, 15) is 13.2 Å². The topological polar surface area (TPSA) is 108 Å². The number of ether oxygens (including phenoxy) is 1. The summed E-state index contributed by atoms with van der Waals surface area (Å²) in [6, 6.07) is 14.5. The number of sulfonamides is 1. The molecule has 0 bridgehead atoms. The summed E-state index contributed by atoms with van der Waals surface area (Å²) in [6.07, 6.45) is 0.803. The lowest BCUT2D eigenvalue weighted by Gasteiger charge is -2.10. The first-order valence-electron chi connectivity index (χ1n) is 7.47. The minimum Gasteiger partial charge on any atom is -0.484 e. The number of carbonyl (C=O) groups excluding carboxylic acids is 1. The van der Waals surface area contributed by atoms with Crippen molar-refractivity contribution in [2.45, 2.75) is 18.2 Å². The molecule has 0 heterocycles. The van der Waals surface area contributed by atoms with E-state index in [0.29, 0.717) is 11.3 Å². The van der Waals surface area contributed by atoms with Crippen LogP contribution in [0.25, 0.3) is 0 Å². The molecular formula is C17H17N3O4S. The lowest BCUT2D eigenvalue weighted by atomic mass is 10.2. The summed E-state index contributed by atoms with van der Waals surface area (Å²) in [5.74, 6) is -0.259. The van der Waals surface area contributed by atoms with Crippen LogP contribution in [0, 0.1) is 11.3 Å². The molecule has 0 aliphatic rings. The average Bonchev–Trinajstić information content (AvgIpc) is 2.65. The molecule has 0 radical (unpaired) electrons. The van der Waals surface area contributed by atoms with Crippen molar-refractivity contribution in [3.8, 4) is 11.8 Å². The molecule has 0 atom stereocenters. The van der Waals surface area contributed by atoms with Gasteiger partial charge in [-0.25, -0.2) is 8.42 Å². The van der Waals surface area contributed by atoms with Crippen LogP contribution in [0.15, 0.2) is 53.4 Å². The quantitative estimate of drug-likeness (QED) is 0.729. The number of hydrogen-bond donors (Lipinski definition) is 2. The summed E-state index contributed by atoms with van der Waals surface area (Å²) in [7, 11) is -3.85. The monoisotopic (exact) mass is 359 g/mol. The molecule has 0 spiro atoms. The maximum absolute atomic E-state index is 12.1. The van der Waals surface area contributed by atoms with Gasteiger partial charge in [0.05, 0.1) is 16.5 Å². The molecule has 25 heavy (non-hydrogen) atoms. The summed E-state index contributed by atoms with van der Waals surface area (Å²) in [6.45, 7) is 1.60. The number of rotatable bonds is 7. The van der Waals surface area contributed by atoms with Crippen LogP contribution in [0.2, 0.25) is 0 Å². The zero-order chi connectivity index (χ0) is 18.3. The largest absolute Gasteiger partial charge is 0.484 e. The van der Waals surface area contributed by atoms with Gasteiger partial charge in [0.2, 0.25) is 0 Å². The molecule has 0 unspecified atom stereocenters. The van der Waals surface area contributed by atoms with E-state index in [-0.39, 0.29) is 11.5 Å². The molecule has 7 nitrogen and oxygen atoms in total. The molecule has 0 saturated heterocycles. The Balaban J connectivity index is 1.86. The molecule has 2 rings (SSSR count). The molecule has 2 aromatic rings. The van der Waals surface area contributed by atoms with E-state index in [1.165, 1.54) is 12.1 Å². The minimum atomic E-state index is -3.85. The van der Waals surface area contributed by atoms with Crippen molar-refractivity contribution in [2.75, 3.05) is 6.61 Å². The van der Waals surface area contributed by atoms with Gasteiger partial charge in [-0.1, -0.05) is 19.1 Å². The van der Waals surface area contributed by atoms with E-state index in [4.69, 9.17) is 10.00 Å². The standard InChI is InChI=1S/C17H17N3O4S/c1-2-13-5-9-16(10-6-13)25(22,23)20-19-17(21)12-24-15-7-3-14(11-18)4-8-15/h3-10,20H,2,12H2,1H3,(H,19,21). The second kappa shape index (κ2) is 8.28. The molecule has 0 aliphatic carbocycles. The number of hydrogen-bond acceptors (Lipinski definition) is 5.